The summed E-state index contributed by atoms with van der Waals surface area (Å²) in [5.74, 6) is 1.25. The van der Waals surface area contributed by atoms with Crippen LogP contribution in [0.5, 0.6) is 0 Å². The Labute approximate surface area is 130 Å². The van der Waals surface area contributed by atoms with Crippen molar-refractivity contribution in [1.82, 2.24) is 10.6 Å². The molecule has 2 unspecified atom stereocenters. The maximum atomic E-state index is 12.8. The summed E-state index contributed by atoms with van der Waals surface area (Å²) >= 11 is 1.59. The third kappa shape index (κ3) is 5.67. The fourth-order valence-corrected chi connectivity index (χ4v) is 3.28. The molecule has 1 saturated heterocycles. The largest absolute Gasteiger partial charge is 0.356 e. The van der Waals surface area contributed by atoms with E-state index in [2.05, 4.69) is 10.6 Å². The summed E-state index contributed by atoms with van der Waals surface area (Å²) in [4.78, 5) is 13.0. The normalized spacial score (nSPS) is 19.4. The molecule has 0 saturated carbocycles. The molecule has 0 aliphatic carbocycles. The number of amides is 1. The van der Waals surface area contributed by atoms with Crippen molar-refractivity contribution >= 4 is 17.7 Å². The van der Waals surface area contributed by atoms with Gasteiger partial charge in [0.15, 0.2) is 0 Å². The maximum absolute atomic E-state index is 12.8. The van der Waals surface area contributed by atoms with Crippen LogP contribution < -0.4 is 10.6 Å². The summed E-state index contributed by atoms with van der Waals surface area (Å²) in [5.41, 5.74) is 0. The molecule has 1 amide bonds. The van der Waals surface area contributed by atoms with Gasteiger partial charge < -0.3 is 10.6 Å². The first kappa shape index (κ1) is 16.3. The second-order valence-corrected chi connectivity index (χ2v) is 6.70. The first-order valence-corrected chi connectivity index (χ1v) is 8.50. The summed E-state index contributed by atoms with van der Waals surface area (Å²) in [6.07, 6.45) is 2.27. The van der Waals surface area contributed by atoms with E-state index in [0.29, 0.717) is 11.7 Å². The van der Waals surface area contributed by atoms with Crippen molar-refractivity contribution in [3.05, 3.63) is 30.1 Å². The molecule has 1 fully saturated rings. The van der Waals surface area contributed by atoms with Gasteiger partial charge in [-0.15, -0.1) is 11.8 Å². The SMILES string of the molecule is CC(CSc1ccc(F)cc1)C(=O)NCCC1CCNC1. The lowest BCUT2D eigenvalue weighted by Crippen LogP contribution is -2.32. The van der Waals surface area contributed by atoms with Crippen molar-refractivity contribution in [1.29, 1.82) is 0 Å². The number of nitrogens with one attached hydrogen (secondary N) is 2. The van der Waals surface area contributed by atoms with Gasteiger partial charge in [-0.3, -0.25) is 4.79 Å². The third-order valence-corrected chi connectivity index (χ3v) is 5.05. The van der Waals surface area contributed by atoms with E-state index in [-0.39, 0.29) is 17.6 Å². The summed E-state index contributed by atoms with van der Waals surface area (Å²) in [6, 6.07) is 6.39. The Bertz CT molecular complexity index is 446. The lowest BCUT2D eigenvalue weighted by Gasteiger charge is -2.13. The minimum Gasteiger partial charge on any atom is -0.356 e. The monoisotopic (exact) mass is 310 g/mol. The van der Waals surface area contributed by atoms with Crippen LogP contribution in [0.3, 0.4) is 0 Å². The van der Waals surface area contributed by atoms with Gasteiger partial charge in [0.1, 0.15) is 5.82 Å². The highest BCUT2D eigenvalue weighted by Crippen LogP contribution is 2.21. The Hall–Kier alpha value is -1.07. The van der Waals surface area contributed by atoms with Gasteiger partial charge in [-0.2, -0.15) is 0 Å². The second kappa shape index (κ2) is 8.39. The average molecular weight is 310 g/mol. The van der Waals surface area contributed by atoms with E-state index in [0.717, 1.165) is 31.0 Å². The van der Waals surface area contributed by atoms with Gasteiger partial charge in [-0.1, -0.05) is 6.92 Å². The number of hydrogen-bond donors (Lipinski definition) is 2. The Morgan fingerprint density at radius 2 is 2.24 bits per heavy atom. The number of rotatable bonds is 7. The molecule has 0 radical (unpaired) electrons. The molecule has 1 aromatic rings. The summed E-state index contributed by atoms with van der Waals surface area (Å²) in [7, 11) is 0. The molecule has 1 aliphatic heterocycles. The Morgan fingerprint density at radius 1 is 1.48 bits per heavy atom. The van der Waals surface area contributed by atoms with Gasteiger partial charge in [0.25, 0.3) is 0 Å². The molecule has 1 aliphatic rings. The fourth-order valence-electron chi connectivity index (χ4n) is 2.36. The van der Waals surface area contributed by atoms with Gasteiger partial charge in [-0.25, -0.2) is 4.39 Å². The van der Waals surface area contributed by atoms with Crippen LogP contribution in [-0.4, -0.2) is 31.3 Å². The van der Waals surface area contributed by atoms with Crippen LogP contribution >= 0.6 is 11.8 Å². The van der Waals surface area contributed by atoms with Crippen LogP contribution in [0.2, 0.25) is 0 Å². The molecule has 2 atom stereocenters. The van der Waals surface area contributed by atoms with Crippen LogP contribution in [0.4, 0.5) is 4.39 Å². The van der Waals surface area contributed by atoms with E-state index in [1.54, 1.807) is 23.9 Å². The van der Waals surface area contributed by atoms with E-state index in [1.807, 2.05) is 6.92 Å². The molecule has 1 aromatic carbocycles. The zero-order valence-corrected chi connectivity index (χ0v) is 13.2. The van der Waals surface area contributed by atoms with Crippen LogP contribution in [-0.2, 0) is 4.79 Å². The molecule has 0 bridgehead atoms. The van der Waals surface area contributed by atoms with Crippen LogP contribution in [0.25, 0.3) is 0 Å². The first-order valence-electron chi connectivity index (χ1n) is 7.52. The number of thioether (sulfide) groups is 1. The number of hydrogen-bond acceptors (Lipinski definition) is 3. The Balaban J connectivity index is 1.63. The van der Waals surface area contributed by atoms with Gasteiger partial charge >= 0.3 is 0 Å². The molecule has 116 valence electrons. The highest BCUT2D eigenvalue weighted by molar-refractivity contribution is 7.99. The van der Waals surface area contributed by atoms with Crippen molar-refractivity contribution < 1.29 is 9.18 Å². The lowest BCUT2D eigenvalue weighted by molar-refractivity contribution is -0.123. The maximum Gasteiger partial charge on any atom is 0.223 e. The van der Waals surface area contributed by atoms with Crippen molar-refractivity contribution in [3.63, 3.8) is 0 Å². The molecule has 3 nitrogen and oxygen atoms in total. The quantitative estimate of drug-likeness (QED) is 0.761. The van der Waals surface area contributed by atoms with E-state index in [9.17, 15) is 9.18 Å². The Morgan fingerprint density at radius 3 is 2.90 bits per heavy atom. The topological polar surface area (TPSA) is 41.1 Å². The molecule has 0 aromatic heterocycles. The van der Waals surface area contributed by atoms with Crippen molar-refractivity contribution in [2.24, 2.45) is 11.8 Å². The van der Waals surface area contributed by atoms with E-state index >= 15 is 0 Å². The minimum atomic E-state index is -0.230. The van der Waals surface area contributed by atoms with Gasteiger partial charge in [-0.05, 0) is 56.1 Å². The number of carbonyl (C=O) groups is 1. The summed E-state index contributed by atoms with van der Waals surface area (Å²) in [5, 5.41) is 6.35. The number of carbonyl (C=O) groups excluding carboxylic acids is 1. The molecular weight excluding hydrogens is 287 g/mol. The van der Waals surface area contributed by atoms with Gasteiger partial charge in [0.05, 0.1) is 0 Å². The van der Waals surface area contributed by atoms with E-state index < -0.39 is 0 Å². The minimum absolute atomic E-state index is 0.0400. The van der Waals surface area contributed by atoms with Gasteiger partial charge in [0, 0.05) is 23.1 Å². The number of halogens is 1. The highest BCUT2D eigenvalue weighted by Gasteiger charge is 2.16. The molecule has 1 heterocycles. The van der Waals surface area contributed by atoms with Crippen molar-refractivity contribution in [3.8, 4) is 0 Å². The molecule has 0 spiro atoms. The zero-order chi connectivity index (χ0) is 15.1. The molecule has 5 heteroatoms. The third-order valence-electron chi connectivity index (χ3n) is 3.78. The molecule has 2 N–H and O–H groups in total. The van der Waals surface area contributed by atoms with E-state index in [1.165, 1.54) is 18.6 Å². The fraction of sp³-hybridized carbons (Fsp3) is 0.562. The molecule has 2 rings (SSSR count). The van der Waals surface area contributed by atoms with Crippen LogP contribution in [0.15, 0.2) is 29.2 Å². The molecule has 21 heavy (non-hydrogen) atoms. The lowest BCUT2D eigenvalue weighted by atomic mass is 10.1. The van der Waals surface area contributed by atoms with E-state index in [4.69, 9.17) is 0 Å². The first-order chi connectivity index (χ1) is 10.1. The highest BCUT2D eigenvalue weighted by atomic mass is 32.2. The zero-order valence-electron chi connectivity index (χ0n) is 12.4. The smallest absolute Gasteiger partial charge is 0.223 e. The number of benzene rings is 1. The second-order valence-electron chi connectivity index (χ2n) is 5.60. The molecular formula is C16H23FN2OS. The van der Waals surface area contributed by atoms with Crippen LogP contribution in [0, 0.1) is 17.7 Å². The predicted octanol–water partition coefficient (Wildman–Crippen LogP) is 2.67. The van der Waals surface area contributed by atoms with Crippen molar-refractivity contribution in [2.75, 3.05) is 25.4 Å². The van der Waals surface area contributed by atoms with Gasteiger partial charge in [0.2, 0.25) is 5.91 Å². The van der Waals surface area contributed by atoms with Crippen molar-refractivity contribution in [2.45, 2.75) is 24.7 Å². The Kier molecular flexibility index (Phi) is 6.51. The van der Waals surface area contributed by atoms with Crippen LogP contribution in [0.1, 0.15) is 19.8 Å². The predicted molar refractivity (Wildman–Crippen MR) is 84.9 cm³/mol. The summed E-state index contributed by atoms with van der Waals surface area (Å²) < 4.78 is 12.8. The average Bonchev–Trinajstić information content (AvgIpc) is 2.99. The standard InChI is InChI=1S/C16H23FN2OS/c1-12(11-21-15-4-2-14(17)3-5-15)16(20)19-9-7-13-6-8-18-10-13/h2-5,12-13,18H,6-11H2,1H3,(H,19,20). The summed E-state index contributed by atoms with van der Waals surface area (Å²) in [6.45, 7) is 4.87.